The number of carboxylic acid groups (broad SMARTS) is 1. The van der Waals surface area contributed by atoms with Gasteiger partial charge in [0.15, 0.2) is 0 Å². The van der Waals surface area contributed by atoms with Crippen molar-refractivity contribution in [3.8, 4) is 0 Å². The monoisotopic (exact) mass is 333 g/mol. The second-order valence-corrected chi connectivity index (χ2v) is 4.53. The largest absolute Gasteiger partial charge is 0.480 e. The highest BCUT2D eigenvalue weighted by atomic mass is 127. The Kier molecular flexibility index (Phi) is 4.72. The Balaban J connectivity index is 2.75. The molecule has 0 saturated carbocycles. The number of aliphatic carboxylic acids is 1. The normalized spacial score (nSPS) is 11.9. The van der Waals surface area contributed by atoms with Gasteiger partial charge in [-0.3, -0.25) is 4.79 Å². The summed E-state index contributed by atoms with van der Waals surface area (Å²) in [4.78, 5) is 22.4. The Hall–Kier alpha value is -1.11. The second-order valence-electron chi connectivity index (χ2n) is 3.28. The van der Waals surface area contributed by atoms with E-state index in [-0.39, 0.29) is 5.91 Å². The summed E-state index contributed by atoms with van der Waals surface area (Å²) in [5.74, 6) is -1.37. The summed E-state index contributed by atoms with van der Waals surface area (Å²) < 4.78 is 0.939. The lowest BCUT2D eigenvalue weighted by atomic mass is 10.1. The molecular weight excluding hydrogens is 321 g/mol. The van der Waals surface area contributed by atoms with E-state index >= 15 is 0 Å². The molecule has 1 atom stereocenters. The zero-order chi connectivity index (χ0) is 12.1. The van der Waals surface area contributed by atoms with E-state index in [0.29, 0.717) is 12.0 Å². The number of amides is 1. The van der Waals surface area contributed by atoms with Gasteiger partial charge in [0.2, 0.25) is 0 Å². The first-order valence-electron chi connectivity index (χ1n) is 4.83. The first-order chi connectivity index (χ1) is 7.54. The third-order valence-corrected chi connectivity index (χ3v) is 2.77. The maximum Gasteiger partial charge on any atom is 0.326 e. The molecule has 5 heteroatoms. The lowest BCUT2D eigenvalue weighted by Gasteiger charge is -2.12. The van der Waals surface area contributed by atoms with Gasteiger partial charge in [0, 0.05) is 9.13 Å². The molecule has 0 saturated heterocycles. The highest BCUT2D eigenvalue weighted by Crippen LogP contribution is 2.08. The second kappa shape index (κ2) is 5.83. The molecule has 0 aromatic heterocycles. The number of nitrogens with one attached hydrogen (secondary N) is 1. The predicted molar refractivity (Wildman–Crippen MR) is 68.3 cm³/mol. The minimum Gasteiger partial charge on any atom is -0.480 e. The molecule has 1 aromatic rings. The molecule has 0 aliphatic carbocycles. The molecule has 0 bridgehead atoms. The summed E-state index contributed by atoms with van der Waals surface area (Å²) in [5.41, 5.74) is 0.478. The zero-order valence-electron chi connectivity index (χ0n) is 8.74. The van der Waals surface area contributed by atoms with Crippen molar-refractivity contribution in [2.75, 3.05) is 0 Å². The van der Waals surface area contributed by atoms with Gasteiger partial charge in [0.25, 0.3) is 5.91 Å². The number of rotatable bonds is 4. The standard InChI is InChI=1S/C11H12INO3/c1-2-9(11(15)16)13-10(14)7-4-3-5-8(12)6-7/h3-6,9H,2H2,1H3,(H,13,14)(H,15,16)/t9-/m0/s1. The molecule has 0 fully saturated rings. The number of benzene rings is 1. The van der Waals surface area contributed by atoms with Crippen LogP contribution in [0.5, 0.6) is 0 Å². The van der Waals surface area contributed by atoms with Crippen LogP contribution in [0, 0.1) is 3.57 Å². The van der Waals surface area contributed by atoms with E-state index in [0.717, 1.165) is 3.57 Å². The number of carbonyl (C=O) groups is 2. The third-order valence-electron chi connectivity index (χ3n) is 2.10. The summed E-state index contributed by atoms with van der Waals surface area (Å²) in [5, 5.41) is 11.3. The van der Waals surface area contributed by atoms with Crippen LogP contribution in [0.15, 0.2) is 24.3 Å². The highest BCUT2D eigenvalue weighted by Gasteiger charge is 2.18. The van der Waals surface area contributed by atoms with E-state index < -0.39 is 12.0 Å². The molecule has 1 rings (SSSR count). The minimum atomic E-state index is -1.01. The van der Waals surface area contributed by atoms with Gasteiger partial charge < -0.3 is 10.4 Å². The van der Waals surface area contributed by atoms with Crippen LogP contribution in [0.1, 0.15) is 23.7 Å². The summed E-state index contributed by atoms with van der Waals surface area (Å²) in [6, 6.07) is 6.17. The van der Waals surface area contributed by atoms with Crippen molar-refractivity contribution in [2.45, 2.75) is 19.4 Å². The molecule has 0 radical (unpaired) electrons. The van der Waals surface area contributed by atoms with E-state index in [1.807, 2.05) is 6.07 Å². The average Bonchev–Trinajstić information content (AvgIpc) is 2.25. The number of halogens is 1. The fourth-order valence-electron chi connectivity index (χ4n) is 1.21. The van der Waals surface area contributed by atoms with E-state index in [4.69, 9.17) is 5.11 Å². The summed E-state index contributed by atoms with van der Waals surface area (Å²) in [6.07, 6.45) is 0.366. The van der Waals surface area contributed by atoms with Crippen molar-refractivity contribution in [3.05, 3.63) is 33.4 Å². The lowest BCUT2D eigenvalue weighted by Crippen LogP contribution is -2.40. The Morgan fingerprint density at radius 1 is 1.50 bits per heavy atom. The quantitative estimate of drug-likeness (QED) is 0.827. The van der Waals surface area contributed by atoms with E-state index in [2.05, 4.69) is 27.9 Å². The van der Waals surface area contributed by atoms with Crippen LogP contribution in [0.2, 0.25) is 0 Å². The Bertz CT molecular complexity index is 406. The maximum absolute atomic E-state index is 11.7. The molecule has 2 N–H and O–H groups in total. The van der Waals surface area contributed by atoms with Crippen LogP contribution in [-0.4, -0.2) is 23.0 Å². The Labute approximate surface area is 107 Å². The molecule has 1 aromatic carbocycles. The van der Waals surface area contributed by atoms with Crippen molar-refractivity contribution < 1.29 is 14.7 Å². The van der Waals surface area contributed by atoms with Crippen molar-refractivity contribution in [1.29, 1.82) is 0 Å². The van der Waals surface area contributed by atoms with Gasteiger partial charge >= 0.3 is 5.97 Å². The van der Waals surface area contributed by atoms with Crippen LogP contribution in [0.25, 0.3) is 0 Å². The van der Waals surface area contributed by atoms with Crippen LogP contribution in [0.3, 0.4) is 0 Å². The molecule has 1 amide bonds. The molecule has 86 valence electrons. The van der Waals surface area contributed by atoms with E-state index in [9.17, 15) is 9.59 Å². The molecule has 0 aliphatic rings. The number of carboxylic acids is 1. The summed E-state index contributed by atoms with van der Waals surface area (Å²) in [7, 11) is 0. The number of hydrogen-bond acceptors (Lipinski definition) is 2. The van der Waals surface area contributed by atoms with Gasteiger partial charge in [-0.05, 0) is 47.2 Å². The third kappa shape index (κ3) is 3.48. The molecule has 0 unspecified atom stereocenters. The fraction of sp³-hybridized carbons (Fsp3) is 0.273. The SMILES string of the molecule is CC[C@H](NC(=O)c1cccc(I)c1)C(=O)O. The van der Waals surface area contributed by atoms with Crippen molar-refractivity contribution in [2.24, 2.45) is 0 Å². The maximum atomic E-state index is 11.7. The van der Waals surface area contributed by atoms with Gasteiger partial charge in [-0.1, -0.05) is 13.0 Å². The zero-order valence-corrected chi connectivity index (χ0v) is 10.9. The van der Waals surface area contributed by atoms with Crippen LogP contribution in [0.4, 0.5) is 0 Å². The fourth-order valence-corrected chi connectivity index (χ4v) is 1.75. The Morgan fingerprint density at radius 2 is 2.19 bits per heavy atom. The first kappa shape index (κ1) is 13.0. The van der Waals surface area contributed by atoms with Crippen molar-refractivity contribution in [3.63, 3.8) is 0 Å². The predicted octanol–water partition coefficient (Wildman–Crippen LogP) is 1.88. The number of hydrogen-bond donors (Lipinski definition) is 2. The van der Waals surface area contributed by atoms with Gasteiger partial charge in [-0.2, -0.15) is 0 Å². The molecular formula is C11H12INO3. The summed E-state index contributed by atoms with van der Waals surface area (Å²) >= 11 is 2.10. The van der Waals surface area contributed by atoms with Crippen molar-refractivity contribution >= 4 is 34.5 Å². The smallest absolute Gasteiger partial charge is 0.326 e. The van der Waals surface area contributed by atoms with Gasteiger partial charge in [-0.25, -0.2) is 4.79 Å². The lowest BCUT2D eigenvalue weighted by molar-refractivity contribution is -0.139. The van der Waals surface area contributed by atoms with Gasteiger partial charge in [-0.15, -0.1) is 0 Å². The molecule has 0 spiro atoms. The van der Waals surface area contributed by atoms with Crippen molar-refractivity contribution in [1.82, 2.24) is 5.32 Å². The van der Waals surface area contributed by atoms with Gasteiger partial charge in [0.05, 0.1) is 0 Å². The van der Waals surface area contributed by atoms with E-state index in [1.165, 1.54) is 0 Å². The molecule has 4 nitrogen and oxygen atoms in total. The Morgan fingerprint density at radius 3 is 2.69 bits per heavy atom. The van der Waals surface area contributed by atoms with Gasteiger partial charge in [0.1, 0.15) is 6.04 Å². The summed E-state index contributed by atoms with van der Waals surface area (Å²) in [6.45, 7) is 1.72. The first-order valence-corrected chi connectivity index (χ1v) is 5.91. The van der Waals surface area contributed by atoms with Crippen LogP contribution in [-0.2, 0) is 4.79 Å². The minimum absolute atomic E-state index is 0.354. The highest BCUT2D eigenvalue weighted by molar-refractivity contribution is 14.1. The molecule has 0 heterocycles. The topological polar surface area (TPSA) is 66.4 Å². The molecule has 0 aliphatic heterocycles. The average molecular weight is 333 g/mol. The van der Waals surface area contributed by atoms with E-state index in [1.54, 1.807) is 25.1 Å². The molecule has 16 heavy (non-hydrogen) atoms. The number of carbonyl (C=O) groups excluding carboxylic acids is 1. The van der Waals surface area contributed by atoms with Crippen LogP contribution < -0.4 is 5.32 Å². The van der Waals surface area contributed by atoms with Crippen LogP contribution >= 0.6 is 22.6 Å².